The van der Waals surface area contributed by atoms with Crippen LogP contribution in [0, 0.1) is 11.8 Å². The number of nitrogens with zero attached hydrogens (tertiary/aromatic N) is 1. The Morgan fingerprint density at radius 1 is 1.31 bits per heavy atom. The molecule has 0 aromatic carbocycles. The third-order valence-electron chi connectivity index (χ3n) is 4.36. The van der Waals surface area contributed by atoms with Gasteiger partial charge >= 0.3 is 0 Å². The van der Waals surface area contributed by atoms with E-state index in [0.717, 1.165) is 32.0 Å². The standard InChI is InChI=1S/C12H20N2O.ClH/c15-12(6-9-3-4-13-7-9)14-8-10-1-2-11(14)5-10;/h9-11,13H,1-8H2;1H. The minimum atomic E-state index is 0. The molecule has 2 saturated heterocycles. The quantitative estimate of drug-likeness (QED) is 0.797. The Morgan fingerprint density at radius 2 is 2.19 bits per heavy atom. The maximum atomic E-state index is 12.1. The molecule has 3 nitrogen and oxygen atoms in total. The Morgan fingerprint density at radius 3 is 2.75 bits per heavy atom. The van der Waals surface area contributed by atoms with Crippen molar-refractivity contribution in [1.82, 2.24) is 10.2 Å². The highest BCUT2D eigenvalue weighted by atomic mass is 35.5. The number of carbonyl (C=O) groups excluding carboxylic acids is 1. The summed E-state index contributed by atoms with van der Waals surface area (Å²) >= 11 is 0. The molecule has 2 bridgehead atoms. The highest BCUT2D eigenvalue weighted by Crippen LogP contribution is 2.37. The molecule has 1 N–H and O–H groups in total. The molecule has 0 spiro atoms. The molecule has 2 heterocycles. The summed E-state index contributed by atoms with van der Waals surface area (Å²) in [7, 11) is 0. The molecule has 3 rings (SSSR count). The van der Waals surface area contributed by atoms with E-state index in [2.05, 4.69) is 10.2 Å². The van der Waals surface area contributed by atoms with E-state index in [1.165, 1.54) is 25.7 Å². The minimum Gasteiger partial charge on any atom is -0.339 e. The first kappa shape index (κ1) is 12.2. The summed E-state index contributed by atoms with van der Waals surface area (Å²) in [5, 5.41) is 3.33. The van der Waals surface area contributed by atoms with Gasteiger partial charge in [-0.3, -0.25) is 4.79 Å². The van der Waals surface area contributed by atoms with Crippen molar-refractivity contribution in [2.75, 3.05) is 19.6 Å². The number of hydrogen-bond donors (Lipinski definition) is 1. The lowest BCUT2D eigenvalue weighted by Gasteiger charge is -2.28. The van der Waals surface area contributed by atoms with Crippen LogP contribution in [0.2, 0.25) is 0 Å². The van der Waals surface area contributed by atoms with Gasteiger partial charge in [-0.25, -0.2) is 0 Å². The molecular weight excluding hydrogens is 224 g/mol. The summed E-state index contributed by atoms with van der Waals surface area (Å²) in [5.41, 5.74) is 0. The Hall–Kier alpha value is -0.280. The van der Waals surface area contributed by atoms with Gasteiger partial charge in [0.2, 0.25) is 5.91 Å². The fourth-order valence-electron chi connectivity index (χ4n) is 3.48. The largest absolute Gasteiger partial charge is 0.339 e. The van der Waals surface area contributed by atoms with Gasteiger partial charge in [-0.1, -0.05) is 0 Å². The van der Waals surface area contributed by atoms with E-state index in [4.69, 9.17) is 0 Å². The van der Waals surface area contributed by atoms with Crippen LogP contribution in [0.5, 0.6) is 0 Å². The van der Waals surface area contributed by atoms with Crippen LogP contribution >= 0.6 is 12.4 Å². The summed E-state index contributed by atoms with van der Waals surface area (Å²) in [6, 6.07) is 0.608. The summed E-state index contributed by atoms with van der Waals surface area (Å²) < 4.78 is 0. The molecule has 2 aliphatic heterocycles. The van der Waals surface area contributed by atoms with Crippen molar-refractivity contribution in [2.24, 2.45) is 11.8 Å². The third-order valence-corrected chi connectivity index (χ3v) is 4.36. The number of piperidine rings is 1. The fourth-order valence-corrected chi connectivity index (χ4v) is 3.48. The molecule has 3 fully saturated rings. The second kappa shape index (κ2) is 4.92. The van der Waals surface area contributed by atoms with Crippen LogP contribution in [0.1, 0.15) is 32.1 Å². The van der Waals surface area contributed by atoms with Crippen LogP contribution in [0.4, 0.5) is 0 Å². The van der Waals surface area contributed by atoms with Crippen LogP contribution in [0.3, 0.4) is 0 Å². The van der Waals surface area contributed by atoms with Gasteiger partial charge in [0.1, 0.15) is 0 Å². The van der Waals surface area contributed by atoms with Gasteiger partial charge < -0.3 is 10.2 Å². The normalized spacial score (nSPS) is 36.5. The summed E-state index contributed by atoms with van der Waals surface area (Å²) in [6.07, 6.45) is 5.89. The molecule has 16 heavy (non-hydrogen) atoms. The second-order valence-corrected chi connectivity index (χ2v) is 5.44. The molecule has 3 aliphatic rings. The lowest BCUT2D eigenvalue weighted by Crippen LogP contribution is -2.38. The highest BCUT2D eigenvalue weighted by molar-refractivity contribution is 5.85. The summed E-state index contributed by atoms with van der Waals surface area (Å²) in [4.78, 5) is 14.3. The number of rotatable bonds is 2. The van der Waals surface area contributed by atoms with Gasteiger partial charge in [-0.2, -0.15) is 0 Å². The third kappa shape index (κ3) is 2.21. The van der Waals surface area contributed by atoms with Gasteiger partial charge in [0.05, 0.1) is 0 Å². The van der Waals surface area contributed by atoms with E-state index in [9.17, 15) is 4.79 Å². The van der Waals surface area contributed by atoms with Crippen molar-refractivity contribution in [2.45, 2.75) is 38.1 Å². The van der Waals surface area contributed by atoms with Gasteiger partial charge in [0.25, 0.3) is 0 Å². The van der Waals surface area contributed by atoms with Gasteiger partial charge in [0.15, 0.2) is 0 Å². The lowest BCUT2D eigenvalue weighted by atomic mass is 10.0. The number of likely N-dealkylation sites (tertiary alicyclic amines) is 1. The number of nitrogens with one attached hydrogen (secondary N) is 1. The maximum Gasteiger partial charge on any atom is 0.223 e. The van der Waals surface area contributed by atoms with Gasteiger partial charge in [-0.05, 0) is 50.6 Å². The molecule has 0 aromatic heterocycles. The number of fused-ring (bicyclic) bond motifs is 2. The van der Waals surface area contributed by atoms with E-state index in [1.54, 1.807) is 0 Å². The van der Waals surface area contributed by atoms with Gasteiger partial charge in [-0.15, -0.1) is 12.4 Å². The van der Waals surface area contributed by atoms with Crippen LogP contribution in [0.25, 0.3) is 0 Å². The molecular formula is C12H21ClN2O. The second-order valence-electron chi connectivity index (χ2n) is 5.44. The van der Waals surface area contributed by atoms with Crippen molar-refractivity contribution in [3.05, 3.63) is 0 Å². The van der Waals surface area contributed by atoms with Crippen LogP contribution in [-0.2, 0) is 4.79 Å². The number of halogens is 1. The summed E-state index contributed by atoms with van der Waals surface area (Å²) in [5.74, 6) is 1.87. The predicted octanol–water partition coefficient (Wildman–Crippen LogP) is 1.42. The van der Waals surface area contributed by atoms with Crippen LogP contribution in [-0.4, -0.2) is 36.5 Å². The predicted molar refractivity (Wildman–Crippen MR) is 65.7 cm³/mol. The van der Waals surface area contributed by atoms with E-state index in [0.29, 0.717) is 17.9 Å². The Bertz CT molecular complexity index is 266. The molecule has 1 aliphatic carbocycles. The first-order chi connectivity index (χ1) is 7.33. The maximum absolute atomic E-state index is 12.1. The van der Waals surface area contributed by atoms with Crippen LogP contribution in [0.15, 0.2) is 0 Å². The zero-order chi connectivity index (χ0) is 10.3. The van der Waals surface area contributed by atoms with Gasteiger partial charge in [0, 0.05) is 19.0 Å². The molecule has 1 amide bonds. The van der Waals surface area contributed by atoms with E-state index in [-0.39, 0.29) is 12.4 Å². The SMILES string of the molecule is Cl.O=C(CC1CCNC1)N1CC2CCC1C2. The molecule has 1 saturated carbocycles. The molecule has 3 unspecified atom stereocenters. The lowest BCUT2D eigenvalue weighted by molar-refractivity contribution is -0.133. The topological polar surface area (TPSA) is 32.3 Å². The Labute approximate surface area is 103 Å². The van der Waals surface area contributed by atoms with E-state index < -0.39 is 0 Å². The average molecular weight is 245 g/mol. The summed E-state index contributed by atoms with van der Waals surface area (Å²) in [6.45, 7) is 3.21. The van der Waals surface area contributed by atoms with Crippen molar-refractivity contribution in [3.8, 4) is 0 Å². The number of amides is 1. The van der Waals surface area contributed by atoms with Crippen molar-refractivity contribution in [1.29, 1.82) is 0 Å². The van der Waals surface area contributed by atoms with Crippen molar-refractivity contribution < 1.29 is 4.79 Å². The Balaban J connectivity index is 0.000000963. The Kier molecular flexibility index (Phi) is 3.75. The van der Waals surface area contributed by atoms with E-state index in [1.807, 2.05) is 0 Å². The molecule has 0 radical (unpaired) electrons. The zero-order valence-electron chi connectivity index (χ0n) is 9.65. The molecule has 92 valence electrons. The smallest absolute Gasteiger partial charge is 0.223 e. The molecule has 3 atom stereocenters. The van der Waals surface area contributed by atoms with E-state index >= 15 is 0 Å². The fraction of sp³-hybridized carbons (Fsp3) is 0.917. The first-order valence-electron chi connectivity index (χ1n) is 6.33. The van der Waals surface area contributed by atoms with Crippen molar-refractivity contribution >= 4 is 18.3 Å². The van der Waals surface area contributed by atoms with Crippen molar-refractivity contribution in [3.63, 3.8) is 0 Å². The zero-order valence-corrected chi connectivity index (χ0v) is 10.5. The number of carbonyl (C=O) groups is 1. The van der Waals surface area contributed by atoms with Crippen LogP contribution < -0.4 is 5.32 Å². The highest BCUT2D eigenvalue weighted by Gasteiger charge is 2.40. The first-order valence-corrected chi connectivity index (χ1v) is 6.33. The molecule has 4 heteroatoms. The molecule has 0 aromatic rings. The average Bonchev–Trinajstić information content (AvgIpc) is 2.93. The monoisotopic (exact) mass is 244 g/mol. The minimum absolute atomic E-state index is 0. The number of hydrogen-bond acceptors (Lipinski definition) is 2.